The first-order chi connectivity index (χ1) is 13.2. The number of aliphatic imine (C=N–C) groups is 1. The van der Waals surface area contributed by atoms with Crippen LogP contribution in [0.15, 0.2) is 23.2 Å². The minimum absolute atomic E-state index is 0.595. The third-order valence-electron chi connectivity index (χ3n) is 5.27. The van der Waals surface area contributed by atoms with Crippen molar-refractivity contribution >= 4 is 22.8 Å². The lowest BCUT2D eigenvalue weighted by atomic mass is 10.1. The highest BCUT2D eigenvalue weighted by Crippen LogP contribution is 2.18. The van der Waals surface area contributed by atoms with Gasteiger partial charge in [-0.05, 0) is 25.5 Å². The van der Waals surface area contributed by atoms with Crippen LogP contribution in [0.3, 0.4) is 0 Å². The number of hydrogen-bond donors (Lipinski definition) is 4. The van der Waals surface area contributed by atoms with Gasteiger partial charge in [-0.1, -0.05) is 12.1 Å². The number of ether oxygens (including phenoxy) is 1. The van der Waals surface area contributed by atoms with Gasteiger partial charge in [-0.15, -0.1) is 0 Å². The first-order valence-corrected chi connectivity index (χ1v) is 9.72. The van der Waals surface area contributed by atoms with E-state index in [1.54, 1.807) is 4.90 Å². The van der Waals surface area contributed by atoms with Gasteiger partial charge in [0.05, 0.1) is 24.4 Å². The van der Waals surface area contributed by atoms with E-state index in [0.29, 0.717) is 5.95 Å². The average molecular weight is 371 g/mol. The third-order valence-corrected chi connectivity index (χ3v) is 5.27. The smallest absolute Gasteiger partial charge is 0.230 e. The topological polar surface area (TPSA) is 80.3 Å². The summed E-state index contributed by atoms with van der Waals surface area (Å²) in [5.41, 5.74) is 3.13. The maximum atomic E-state index is 5.42. The van der Waals surface area contributed by atoms with Crippen molar-refractivity contribution in [3.8, 4) is 0 Å². The molecule has 144 valence electrons. The van der Waals surface area contributed by atoms with E-state index in [0.717, 1.165) is 68.7 Å². The van der Waals surface area contributed by atoms with E-state index >= 15 is 0 Å². The Morgan fingerprint density at radius 2 is 1.93 bits per heavy atom. The van der Waals surface area contributed by atoms with Crippen molar-refractivity contribution in [2.45, 2.75) is 13.8 Å². The second kappa shape index (κ2) is 8.16. The molecule has 0 spiro atoms. The number of rotatable bonds is 4. The number of anilines is 1. The Labute approximate surface area is 159 Å². The molecule has 0 radical (unpaired) electrons. The molecule has 1 aromatic carbocycles. The lowest BCUT2D eigenvalue weighted by Crippen LogP contribution is -3.22. The molecule has 27 heavy (non-hydrogen) atoms. The molecule has 8 heteroatoms. The van der Waals surface area contributed by atoms with Crippen LogP contribution in [0.1, 0.15) is 11.3 Å². The Morgan fingerprint density at radius 1 is 1.11 bits per heavy atom. The number of aryl methyl sites for hydroxylation is 2. The van der Waals surface area contributed by atoms with Crippen molar-refractivity contribution in [3.05, 3.63) is 29.5 Å². The maximum Gasteiger partial charge on any atom is 0.230 e. The molecule has 4 rings (SSSR count). The zero-order valence-electron chi connectivity index (χ0n) is 16.1. The summed E-state index contributed by atoms with van der Waals surface area (Å²) in [6.45, 7) is 12.0. The highest BCUT2D eigenvalue weighted by molar-refractivity contribution is 5.93. The molecule has 1 unspecified atom stereocenters. The molecule has 1 atom stereocenters. The molecular formula is C19H29N7O+2. The van der Waals surface area contributed by atoms with Gasteiger partial charge in [-0.3, -0.25) is 10.2 Å². The molecule has 1 fully saturated rings. The molecule has 2 aromatic rings. The summed E-state index contributed by atoms with van der Waals surface area (Å²) < 4.78 is 5.42. The van der Waals surface area contributed by atoms with Crippen LogP contribution in [0.4, 0.5) is 5.95 Å². The summed E-state index contributed by atoms with van der Waals surface area (Å²) in [6.07, 6.45) is 0. The quantitative estimate of drug-likeness (QED) is 0.517. The van der Waals surface area contributed by atoms with Crippen LogP contribution in [0.2, 0.25) is 0 Å². The summed E-state index contributed by atoms with van der Waals surface area (Å²) in [6, 6.07) is 6.26. The van der Waals surface area contributed by atoms with Crippen molar-refractivity contribution in [1.29, 1.82) is 0 Å². The van der Waals surface area contributed by atoms with E-state index in [1.165, 1.54) is 17.0 Å². The second-order valence-corrected chi connectivity index (χ2v) is 7.41. The second-order valence-electron chi connectivity index (χ2n) is 7.41. The average Bonchev–Trinajstić information content (AvgIpc) is 2.68. The van der Waals surface area contributed by atoms with Gasteiger partial charge in [-0.25, -0.2) is 9.97 Å². The maximum absolute atomic E-state index is 5.42. The number of fused-ring (bicyclic) bond motifs is 1. The number of nitrogens with one attached hydrogen (secondary N) is 4. The number of hydrogen-bond acceptors (Lipinski definition) is 6. The first kappa shape index (κ1) is 18.1. The highest BCUT2D eigenvalue weighted by atomic mass is 16.5. The largest absolute Gasteiger partial charge is 0.370 e. The number of morpholine rings is 1. The van der Waals surface area contributed by atoms with Gasteiger partial charge in [0.15, 0.2) is 13.3 Å². The Bertz CT molecular complexity index is 832. The summed E-state index contributed by atoms with van der Waals surface area (Å²) >= 11 is 0. The third kappa shape index (κ3) is 4.52. The van der Waals surface area contributed by atoms with E-state index in [1.807, 2.05) is 6.92 Å². The minimum Gasteiger partial charge on any atom is -0.370 e. The van der Waals surface area contributed by atoms with Gasteiger partial charge in [-0.2, -0.15) is 4.99 Å². The van der Waals surface area contributed by atoms with Crippen molar-refractivity contribution < 1.29 is 14.5 Å². The van der Waals surface area contributed by atoms with E-state index in [9.17, 15) is 0 Å². The summed E-state index contributed by atoms with van der Waals surface area (Å²) in [7, 11) is 0. The molecule has 0 amide bonds. The number of aromatic nitrogens is 2. The van der Waals surface area contributed by atoms with E-state index in [-0.39, 0.29) is 0 Å². The van der Waals surface area contributed by atoms with Crippen LogP contribution in [-0.2, 0) is 4.74 Å². The summed E-state index contributed by atoms with van der Waals surface area (Å²) in [5.74, 6) is 1.35. The van der Waals surface area contributed by atoms with Gasteiger partial charge < -0.3 is 15.0 Å². The van der Waals surface area contributed by atoms with Gasteiger partial charge in [0.2, 0.25) is 11.9 Å². The summed E-state index contributed by atoms with van der Waals surface area (Å²) in [5, 5.41) is 7.70. The number of guanidine groups is 1. The van der Waals surface area contributed by atoms with Crippen LogP contribution < -0.4 is 20.4 Å². The van der Waals surface area contributed by atoms with Crippen molar-refractivity contribution in [2.24, 2.45) is 4.99 Å². The first-order valence-electron chi connectivity index (χ1n) is 9.72. The zero-order chi connectivity index (χ0) is 18.6. The van der Waals surface area contributed by atoms with Crippen molar-refractivity contribution in [3.63, 3.8) is 0 Å². The molecule has 4 N–H and O–H groups in total. The van der Waals surface area contributed by atoms with Crippen LogP contribution in [0.5, 0.6) is 0 Å². The Kier molecular flexibility index (Phi) is 5.47. The fourth-order valence-corrected chi connectivity index (χ4v) is 3.59. The molecule has 1 aromatic heterocycles. The molecule has 8 nitrogen and oxygen atoms in total. The lowest BCUT2D eigenvalue weighted by molar-refractivity contribution is -0.962. The van der Waals surface area contributed by atoms with Crippen LogP contribution in [0, 0.1) is 13.8 Å². The minimum atomic E-state index is 0.595. The SMILES string of the molecule is Cc1ccc2c(C)nc(NC3=NC[NH+](CC[NH+]4CCOCC4)CN3)nc2c1. The van der Waals surface area contributed by atoms with E-state index in [2.05, 4.69) is 50.7 Å². The van der Waals surface area contributed by atoms with E-state index < -0.39 is 0 Å². The predicted molar refractivity (Wildman–Crippen MR) is 105 cm³/mol. The Morgan fingerprint density at radius 3 is 2.70 bits per heavy atom. The molecule has 2 aliphatic heterocycles. The fourth-order valence-electron chi connectivity index (χ4n) is 3.59. The standard InChI is InChI=1S/C19H27N7O/c1-14-3-4-16-15(2)22-19(23-17(16)11-14)24-18-20-12-26(13-21-18)6-5-25-7-9-27-10-8-25/h3-4,11H,5-10,12-13H2,1-2H3,(H2,20,21,22,23,24)/p+2. The van der Waals surface area contributed by atoms with Crippen molar-refractivity contribution in [2.75, 3.05) is 58.0 Å². The number of nitrogens with zero attached hydrogens (tertiary/aromatic N) is 3. The normalized spacial score (nSPS) is 21.0. The summed E-state index contributed by atoms with van der Waals surface area (Å²) in [4.78, 5) is 16.9. The zero-order valence-corrected chi connectivity index (χ0v) is 16.1. The molecule has 3 heterocycles. The van der Waals surface area contributed by atoms with Gasteiger partial charge in [0.25, 0.3) is 0 Å². The molecular weight excluding hydrogens is 342 g/mol. The molecule has 0 bridgehead atoms. The highest BCUT2D eigenvalue weighted by Gasteiger charge is 2.20. The number of benzene rings is 1. The Balaban J connectivity index is 1.35. The lowest BCUT2D eigenvalue weighted by Gasteiger charge is -2.27. The fraction of sp³-hybridized carbons (Fsp3) is 0.526. The monoisotopic (exact) mass is 371 g/mol. The number of quaternary nitrogens is 2. The molecule has 0 saturated carbocycles. The molecule has 2 aliphatic rings. The molecule has 0 aliphatic carbocycles. The van der Waals surface area contributed by atoms with Crippen LogP contribution in [0.25, 0.3) is 10.9 Å². The van der Waals surface area contributed by atoms with Gasteiger partial charge in [0.1, 0.15) is 26.2 Å². The van der Waals surface area contributed by atoms with Gasteiger partial charge >= 0.3 is 0 Å². The predicted octanol–water partition coefficient (Wildman–Crippen LogP) is -1.67. The van der Waals surface area contributed by atoms with Gasteiger partial charge in [0, 0.05) is 5.39 Å². The van der Waals surface area contributed by atoms with E-state index in [4.69, 9.17) is 4.74 Å². The van der Waals surface area contributed by atoms with Crippen LogP contribution >= 0.6 is 0 Å². The molecule has 1 saturated heterocycles. The van der Waals surface area contributed by atoms with Crippen LogP contribution in [-0.4, -0.2) is 68.7 Å². The van der Waals surface area contributed by atoms with Crippen molar-refractivity contribution in [1.82, 2.24) is 15.3 Å². The Hall–Kier alpha value is -2.29.